The van der Waals surface area contributed by atoms with Crippen molar-refractivity contribution in [2.45, 2.75) is 45.2 Å². The van der Waals surface area contributed by atoms with E-state index >= 15 is 0 Å². The first-order chi connectivity index (χ1) is 10.9. The Morgan fingerprint density at radius 1 is 1.20 bits per heavy atom. The third kappa shape index (κ3) is 4.96. The van der Waals surface area contributed by atoms with Gasteiger partial charge >= 0.3 is 0 Å². The minimum Gasteiger partial charge on any atom is -0.368 e. The second kappa shape index (κ2) is 8.69. The fourth-order valence-electron chi connectivity index (χ4n) is 3.04. The van der Waals surface area contributed by atoms with Crippen LogP contribution in [0.3, 0.4) is 0 Å². The standard InChI is InChI=1S/C16H25N7.2ClH/c1-10-6-11(2)23(21-10)5-4-22(3)15-9-14(19-16(18)20-15)12-7-13(17)8-12;;/h6,9,12-13H,4-5,7-8,17H2,1-3H3,(H2,18,19,20);2*1H. The van der Waals surface area contributed by atoms with E-state index in [2.05, 4.69) is 33.0 Å². The lowest BCUT2D eigenvalue weighted by atomic mass is 9.78. The topological polar surface area (TPSA) is 98.9 Å². The molecule has 1 aliphatic carbocycles. The fourth-order valence-corrected chi connectivity index (χ4v) is 3.04. The average Bonchev–Trinajstić information content (AvgIpc) is 2.78. The van der Waals surface area contributed by atoms with Crippen molar-refractivity contribution in [2.24, 2.45) is 5.73 Å². The van der Waals surface area contributed by atoms with Crippen molar-refractivity contribution >= 4 is 36.6 Å². The van der Waals surface area contributed by atoms with Crippen molar-refractivity contribution in [1.82, 2.24) is 19.7 Å². The molecule has 3 rings (SSSR count). The summed E-state index contributed by atoms with van der Waals surface area (Å²) in [6.07, 6.45) is 1.96. The Labute approximate surface area is 161 Å². The smallest absolute Gasteiger partial charge is 0.222 e. The zero-order valence-corrected chi connectivity index (χ0v) is 16.5. The Morgan fingerprint density at radius 2 is 1.88 bits per heavy atom. The van der Waals surface area contributed by atoms with Gasteiger partial charge in [0.15, 0.2) is 0 Å². The number of hydrogen-bond donors (Lipinski definition) is 2. The van der Waals surface area contributed by atoms with Gasteiger partial charge in [0.25, 0.3) is 0 Å². The summed E-state index contributed by atoms with van der Waals surface area (Å²) in [7, 11) is 2.02. The number of rotatable bonds is 5. The van der Waals surface area contributed by atoms with Crippen LogP contribution >= 0.6 is 24.8 Å². The number of halogens is 2. The molecule has 0 amide bonds. The van der Waals surface area contributed by atoms with E-state index in [4.69, 9.17) is 11.5 Å². The van der Waals surface area contributed by atoms with Crippen molar-refractivity contribution in [1.29, 1.82) is 0 Å². The van der Waals surface area contributed by atoms with Gasteiger partial charge in [-0.3, -0.25) is 4.68 Å². The molecule has 25 heavy (non-hydrogen) atoms. The number of hydrogen-bond acceptors (Lipinski definition) is 6. The number of nitrogens with zero attached hydrogens (tertiary/aromatic N) is 5. The molecule has 4 N–H and O–H groups in total. The normalized spacial score (nSPS) is 18.7. The van der Waals surface area contributed by atoms with Crippen molar-refractivity contribution < 1.29 is 0 Å². The van der Waals surface area contributed by atoms with Gasteiger partial charge in [0.2, 0.25) is 5.95 Å². The molecule has 0 aromatic carbocycles. The Hall–Kier alpha value is -1.57. The molecule has 0 atom stereocenters. The molecule has 140 valence electrons. The number of likely N-dealkylation sites (N-methyl/N-ethyl adjacent to an activating group) is 1. The van der Waals surface area contributed by atoms with Crippen molar-refractivity contribution in [3.05, 3.63) is 29.2 Å². The maximum Gasteiger partial charge on any atom is 0.222 e. The van der Waals surface area contributed by atoms with Crippen LogP contribution in [-0.4, -0.2) is 39.4 Å². The third-order valence-electron chi connectivity index (χ3n) is 4.48. The van der Waals surface area contributed by atoms with E-state index in [1.807, 2.05) is 24.7 Å². The van der Waals surface area contributed by atoms with E-state index in [9.17, 15) is 0 Å². The predicted molar refractivity (Wildman–Crippen MR) is 106 cm³/mol. The number of aryl methyl sites for hydroxylation is 2. The molecule has 1 fully saturated rings. The summed E-state index contributed by atoms with van der Waals surface area (Å²) in [5.74, 6) is 1.60. The molecule has 0 saturated heterocycles. The predicted octanol–water partition coefficient (Wildman–Crippen LogP) is 2.06. The molecule has 9 heteroatoms. The van der Waals surface area contributed by atoms with Gasteiger partial charge in [-0.15, -0.1) is 24.8 Å². The van der Waals surface area contributed by atoms with Crippen molar-refractivity contribution in [3.8, 4) is 0 Å². The number of nitrogen functional groups attached to an aromatic ring is 1. The van der Waals surface area contributed by atoms with Gasteiger partial charge in [0.05, 0.1) is 17.9 Å². The van der Waals surface area contributed by atoms with E-state index in [-0.39, 0.29) is 24.8 Å². The Balaban J connectivity index is 0.00000156. The molecule has 0 radical (unpaired) electrons. The second-order valence-corrected chi connectivity index (χ2v) is 6.51. The van der Waals surface area contributed by atoms with Crippen LogP contribution in [0.15, 0.2) is 12.1 Å². The quantitative estimate of drug-likeness (QED) is 0.814. The van der Waals surface area contributed by atoms with Crippen LogP contribution in [0.2, 0.25) is 0 Å². The van der Waals surface area contributed by atoms with Gasteiger partial charge in [-0.1, -0.05) is 0 Å². The van der Waals surface area contributed by atoms with Gasteiger partial charge in [-0.2, -0.15) is 10.1 Å². The molecule has 2 heterocycles. The van der Waals surface area contributed by atoms with Crippen LogP contribution in [0.4, 0.5) is 11.8 Å². The molecule has 7 nitrogen and oxygen atoms in total. The molecule has 0 bridgehead atoms. The summed E-state index contributed by atoms with van der Waals surface area (Å²) in [4.78, 5) is 10.8. The van der Waals surface area contributed by atoms with E-state index < -0.39 is 0 Å². The van der Waals surface area contributed by atoms with Gasteiger partial charge < -0.3 is 16.4 Å². The molecular formula is C16H27Cl2N7. The molecule has 1 saturated carbocycles. The summed E-state index contributed by atoms with van der Waals surface area (Å²) in [6, 6.07) is 4.41. The first-order valence-corrected chi connectivity index (χ1v) is 8.04. The van der Waals surface area contributed by atoms with E-state index in [1.54, 1.807) is 0 Å². The third-order valence-corrected chi connectivity index (χ3v) is 4.48. The van der Waals surface area contributed by atoms with E-state index in [0.29, 0.717) is 17.9 Å². The van der Waals surface area contributed by atoms with Gasteiger partial charge in [0.1, 0.15) is 5.82 Å². The van der Waals surface area contributed by atoms with Gasteiger partial charge in [0, 0.05) is 37.3 Å². The lowest BCUT2D eigenvalue weighted by Crippen LogP contribution is -2.35. The lowest BCUT2D eigenvalue weighted by Gasteiger charge is -2.32. The number of nitrogens with two attached hydrogens (primary N) is 2. The Kier molecular flexibility index (Phi) is 7.46. The van der Waals surface area contributed by atoms with Crippen LogP contribution in [-0.2, 0) is 6.54 Å². The highest BCUT2D eigenvalue weighted by Gasteiger charge is 2.29. The molecular weight excluding hydrogens is 361 g/mol. The monoisotopic (exact) mass is 387 g/mol. The van der Waals surface area contributed by atoms with E-state index in [0.717, 1.165) is 43.1 Å². The van der Waals surface area contributed by atoms with E-state index in [1.165, 1.54) is 5.69 Å². The molecule has 0 aliphatic heterocycles. The lowest BCUT2D eigenvalue weighted by molar-refractivity contribution is 0.345. The summed E-state index contributed by atoms with van der Waals surface area (Å²) in [5.41, 5.74) is 15.0. The van der Waals surface area contributed by atoms with Crippen LogP contribution in [0, 0.1) is 13.8 Å². The molecule has 2 aromatic rings. The maximum absolute atomic E-state index is 5.89. The second-order valence-electron chi connectivity index (χ2n) is 6.51. The van der Waals surface area contributed by atoms with Gasteiger partial charge in [-0.05, 0) is 32.8 Å². The van der Waals surface area contributed by atoms with Crippen molar-refractivity contribution in [3.63, 3.8) is 0 Å². The fraction of sp³-hybridized carbons (Fsp3) is 0.562. The summed E-state index contributed by atoms with van der Waals surface area (Å²) in [5, 5.41) is 4.49. The number of anilines is 2. The zero-order valence-electron chi connectivity index (χ0n) is 14.8. The van der Waals surface area contributed by atoms with Crippen molar-refractivity contribution in [2.75, 3.05) is 24.2 Å². The summed E-state index contributed by atoms with van der Waals surface area (Å²) in [6.45, 7) is 5.69. The van der Waals surface area contributed by atoms with Crippen LogP contribution in [0.5, 0.6) is 0 Å². The first-order valence-electron chi connectivity index (χ1n) is 8.04. The molecule has 1 aliphatic rings. The highest BCUT2D eigenvalue weighted by molar-refractivity contribution is 5.85. The Morgan fingerprint density at radius 3 is 2.44 bits per heavy atom. The summed E-state index contributed by atoms with van der Waals surface area (Å²) >= 11 is 0. The Bertz CT molecular complexity index is 698. The average molecular weight is 388 g/mol. The molecule has 0 unspecified atom stereocenters. The van der Waals surface area contributed by atoms with Crippen LogP contribution in [0.1, 0.15) is 35.8 Å². The van der Waals surface area contributed by atoms with Crippen LogP contribution in [0.25, 0.3) is 0 Å². The SMILES string of the molecule is Cc1cc(C)n(CCN(C)c2cc(C3CC(N)C3)nc(N)n2)n1.Cl.Cl. The first kappa shape index (κ1) is 21.5. The van der Waals surface area contributed by atoms with Gasteiger partial charge in [-0.25, -0.2) is 4.98 Å². The molecule has 2 aromatic heterocycles. The zero-order chi connectivity index (χ0) is 16.6. The maximum atomic E-state index is 5.89. The molecule has 0 spiro atoms. The van der Waals surface area contributed by atoms with Crippen LogP contribution < -0.4 is 16.4 Å². The summed E-state index contributed by atoms with van der Waals surface area (Å²) < 4.78 is 2.02. The minimum atomic E-state index is 0. The highest BCUT2D eigenvalue weighted by atomic mass is 35.5. The minimum absolute atomic E-state index is 0. The number of aromatic nitrogens is 4. The highest BCUT2D eigenvalue weighted by Crippen LogP contribution is 2.35. The largest absolute Gasteiger partial charge is 0.368 e.